The molecule has 0 heterocycles. The van der Waals surface area contributed by atoms with Gasteiger partial charge in [0.15, 0.2) is 0 Å². The third-order valence-electron chi connectivity index (χ3n) is 8.10. The van der Waals surface area contributed by atoms with Crippen LogP contribution in [0, 0.1) is 5.92 Å². The first kappa shape index (κ1) is 34.0. The van der Waals surface area contributed by atoms with E-state index in [0.29, 0.717) is 0 Å². The van der Waals surface area contributed by atoms with E-state index in [0.717, 1.165) is 5.92 Å². The van der Waals surface area contributed by atoms with Crippen LogP contribution in [0.5, 0.6) is 0 Å². The van der Waals surface area contributed by atoms with Gasteiger partial charge in [-0.1, -0.05) is 213 Å². The van der Waals surface area contributed by atoms with Crippen LogP contribution < -0.4 is 0 Å². The zero-order valence-corrected chi connectivity index (χ0v) is 24.8. The Balaban J connectivity index is 3.07. The van der Waals surface area contributed by atoms with Gasteiger partial charge >= 0.3 is 0 Å². The topological polar surface area (TPSA) is 0 Å². The van der Waals surface area contributed by atoms with E-state index >= 15 is 0 Å². The molecule has 0 fully saturated rings. The van der Waals surface area contributed by atoms with Crippen molar-refractivity contribution in [3.8, 4) is 0 Å². The summed E-state index contributed by atoms with van der Waals surface area (Å²) in [6.07, 6.45) is 44.3. The highest BCUT2D eigenvalue weighted by Gasteiger charge is 2.02. The first-order valence-electron chi connectivity index (χ1n) is 16.8. The van der Waals surface area contributed by atoms with Crippen LogP contribution in [-0.4, -0.2) is 0 Å². The van der Waals surface area contributed by atoms with Crippen molar-refractivity contribution in [2.75, 3.05) is 0 Å². The van der Waals surface area contributed by atoms with Gasteiger partial charge in [-0.2, -0.15) is 0 Å². The van der Waals surface area contributed by atoms with Gasteiger partial charge in [0.1, 0.15) is 0 Å². The van der Waals surface area contributed by atoms with Crippen molar-refractivity contribution in [3.63, 3.8) is 0 Å². The Hall–Kier alpha value is 0. The first-order chi connectivity index (χ1) is 16.8. The van der Waals surface area contributed by atoms with Crippen LogP contribution in [0.25, 0.3) is 0 Å². The molecule has 1 unspecified atom stereocenters. The summed E-state index contributed by atoms with van der Waals surface area (Å²) in [7, 11) is 0. The summed E-state index contributed by atoms with van der Waals surface area (Å²) < 4.78 is 0. The molecular weight excluding hydrogens is 408 g/mol. The third kappa shape index (κ3) is 30.0. The molecular formula is C34H70. The van der Waals surface area contributed by atoms with Crippen LogP contribution in [0.15, 0.2) is 0 Å². The molecule has 0 rings (SSSR count). The molecule has 1 atom stereocenters. The average molecular weight is 479 g/mol. The van der Waals surface area contributed by atoms with Crippen molar-refractivity contribution < 1.29 is 0 Å². The average Bonchev–Trinajstić information content (AvgIpc) is 2.84. The largest absolute Gasteiger partial charge is 0.0654 e. The number of hydrogen-bond acceptors (Lipinski definition) is 0. The fourth-order valence-electron chi connectivity index (χ4n) is 5.52. The van der Waals surface area contributed by atoms with Crippen LogP contribution in [0.3, 0.4) is 0 Å². The highest BCUT2D eigenvalue weighted by atomic mass is 14.1. The second-order valence-corrected chi connectivity index (χ2v) is 11.9. The molecule has 0 aromatic heterocycles. The van der Waals surface area contributed by atoms with Crippen molar-refractivity contribution in [1.82, 2.24) is 0 Å². The van der Waals surface area contributed by atoms with Gasteiger partial charge in [0, 0.05) is 0 Å². The van der Waals surface area contributed by atoms with Crippen molar-refractivity contribution in [2.45, 2.75) is 213 Å². The van der Waals surface area contributed by atoms with Crippen LogP contribution in [0.4, 0.5) is 0 Å². The fraction of sp³-hybridized carbons (Fsp3) is 1.00. The number of hydrogen-bond donors (Lipinski definition) is 0. The molecule has 0 aliphatic carbocycles. The van der Waals surface area contributed by atoms with E-state index < -0.39 is 0 Å². The van der Waals surface area contributed by atoms with Crippen molar-refractivity contribution in [3.05, 3.63) is 0 Å². The predicted octanol–water partition coefficient (Wildman–Crippen LogP) is 13.4. The van der Waals surface area contributed by atoms with E-state index in [-0.39, 0.29) is 0 Å². The predicted molar refractivity (Wildman–Crippen MR) is 159 cm³/mol. The lowest BCUT2D eigenvalue weighted by Crippen LogP contribution is -1.95. The zero-order valence-electron chi connectivity index (χ0n) is 24.8. The Labute approximate surface area is 219 Å². The smallest absolute Gasteiger partial charge is 0.0443 e. The number of unbranched alkanes of at least 4 members (excludes halogenated alkanes) is 26. The van der Waals surface area contributed by atoms with E-state index in [9.17, 15) is 0 Å². The zero-order chi connectivity index (χ0) is 24.8. The van der Waals surface area contributed by atoms with Crippen molar-refractivity contribution in [2.24, 2.45) is 5.92 Å². The van der Waals surface area contributed by atoms with Crippen LogP contribution in [-0.2, 0) is 0 Å². The summed E-state index contributed by atoms with van der Waals surface area (Å²) in [5.74, 6) is 0.969. The van der Waals surface area contributed by atoms with Crippen LogP contribution in [0.1, 0.15) is 213 Å². The molecule has 0 spiro atoms. The first-order valence-corrected chi connectivity index (χ1v) is 16.8. The van der Waals surface area contributed by atoms with Gasteiger partial charge in [-0.15, -0.1) is 0 Å². The Kier molecular flexibility index (Phi) is 31.0. The minimum atomic E-state index is 0.969. The van der Waals surface area contributed by atoms with E-state index in [4.69, 9.17) is 0 Å². The van der Waals surface area contributed by atoms with E-state index in [2.05, 4.69) is 20.8 Å². The van der Waals surface area contributed by atoms with Crippen molar-refractivity contribution in [1.29, 1.82) is 0 Å². The molecule has 34 heavy (non-hydrogen) atoms. The maximum Gasteiger partial charge on any atom is -0.0443 e. The Morgan fingerprint density at radius 2 is 0.441 bits per heavy atom. The molecule has 0 nitrogen and oxygen atoms in total. The maximum atomic E-state index is 2.48. The standard InChI is InChI=1S/C34H70/c1-4-6-8-10-11-12-13-14-15-16-17-18-19-20-21-22-23-24-25-26-27-29-31-33-34(3)32-30-28-9-7-5-2/h34H,4-33H2,1-3H3. The molecule has 0 aromatic rings. The monoisotopic (exact) mass is 479 g/mol. The molecule has 0 N–H and O–H groups in total. The molecule has 0 saturated heterocycles. The normalized spacial score (nSPS) is 12.4. The van der Waals surface area contributed by atoms with Crippen molar-refractivity contribution >= 4 is 0 Å². The van der Waals surface area contributed by atoms with E-state index in [1.807, 2.05) is 0 Å². The van der Waals surface area contributed by atoms with Gasteiger partial charge in [0.25, 0.3) is 0 Å². The summed E-state index contributed by atoms with van der Waals surface area (Å²) in [5, 5.41) is 0. The van der Waals surface area contributed by atoms with Gasteiger partial charge in [0.05, 0.1) is 0 Å². The summed E-state index contributed by atoms with van der Waals surface area (Å²) >= 11 is 0. The van der Waals surface area contributed by atoms with Gasteiger partial charge in [-0.05, 0) is 5.92 Å². The summed E-state index contributed by atoms with van der Waals surface area (Å²) in [6.45, 7) is 7.10. The summed E-state index contributed by atoms with van der Waals surface area (Å²) in [6, 6.07) is 0. The minimum absolute atomic E-state index is 0.969. The van der Waals surface area contributed by atoms with E-state index in [1.165, 1.54) is 193 Å². The lowest BCUT2D eigenvalue weighted by Gasteiger charge is -2.11. The highest BCUT2D eigenvalue weighted by Crippen LogP contribution is 2.19. The molecule has 0 aromatic carbocycles. The molecule has 0 bridgehead atoms. The van der Waals surface area contributed by atoms with Gasteiger partial charge in [-0.3, -0.25) is 0 Å². The SMILES string of the molecule is CCCCCCCCCCCCCCCCCCCCCCCCCC(C)CCCCCCC. The van der Waals surface area contributed by atoms with Crippen LogP contribution >= 0.6 is 0 Å². The molecule has 0 heteroatoms. The van der Waals surface area contributed by atoms with E-state index in [1.54, 1.807) is 0 Å². The Bertz CT molecular complexity index is 333. The molecule has 0 amide bonds. The quantitative estimate of drug-likeness (QED) is 0.0900. The summed E-state index contributed by atoms with van der Waals surface area (Å²) in [5.41, 5.74) is 0. The lowest BCUT2D eigenvalue weighted by molar-refractivity contribution is 0.431. The second kappa shape index (κ2) is 31.0. The summed E-state index contributed by atoms with van der Waals surface area (Å²) in [4.78, 5) is 0. The fourth-order valence-corrected chi connectivity index (χ4v) is 5.52. The Morgan fingerprint density at radius 1 is 0.265 bits per heavy atom. The third-order valence-corrected chi connectivity index (χ3v) is 8.10. The molecule has 0 saturated carbocycles. The molecule has 0 radical (unpaired) electrons. The molecule has 0 aliphatic rings. The Morgan fingerprint density at radius 3 is 0.647 bits per heavy atom. The second-order valence-electron chi connectivity index (χ2n) is 11.9. The number of rotatable bonds is 30. The van der Waals surface area contributed by atoms with Gasteiger partial charge < -0.3 is 0 Å². The minimum Gasteiger partial charge on any atom is -0.0654 e. The highest BCUT2D eigenvalue weighted by molar-refractivity contribution is 4.56. The molecule has 206 valence electrons. The van der Waals surface area contributed by atoms with Gasteiger partial charge in [-0.25, -0.2) is 0 Å². The van der Waals surface area contributed by atoms with Gasteiger partial charge in [0.2, 0.25) is 0 Å². The maximum absolute atomic E-state index is 2.48. The van der Waals surface area contributed by atoms with Crippen LogP contribution in [0.2, 0.25) is 0 Å². The molecule has 0 aliphatic heterocycles. The lowest BCUT2D eigenvalue weighted by atomic mass is 9.96.